The van der Waals surface area contributed by atoms with Crippen LogP contribution in [0.4, 0.5) is 0 Å². The third-order valence-electron chi connectivity index (χ3n) is 4.73. The molecule has 9 heteroatoms. The number of nitrogens with zero attached hydrogens (tertiary/aromatic N) is 1. The van der Waals surface area contributed by atoms with Gasteiger partial charge in [0.25, 0.3) is 5.91 Å². The molecule has 31 heavy (non-hydrogen) atoms. The molecule has 0 bridgehead atoms. The molecule has 8 nitrogen and oxygen atoms in total. The molecule has 0 saturated carbocycles. The number of benzene rings is 1. The lowest BCUT2D eigenvalue weighted by atomic mass is 10.1. The Hall–Kier alpha value is -2.11. The minimum absolute atomic E-state index is 0. The van der Waals surface area contributed by atoms with Crippen LogP contribution in [0.1, 0.15) is 34.5 Å². The van der Waals surface area contributed by atoms with Gasteiger partial charge >= 0.3 is 0 Å². The minimum atomic E-state index is -0.136. The maximum absolute atomic E-state index is 12.4. The van der Waals surface area contributed by atoms with Crippen molar-refractivity contribution in [3.8, 4) is 0 Å². The summed E-state index contributed by atoms with van der Waals surface area (Å²) in [5.74, 6) is 1.30. The predicted octanol–water partition coefficient (Wildman–Crippen LogP) is 2.69. The topological polar surface area (TPSA) is 97.1 Å². The standard InChI is InChI=1S/C22H30N4O4.HI/c1-23-22(24-9-4-11-30-20-8-12-28-16-20)26-14-17-5-2-6-18(13-17)21(27)25-15-19-7-3-10-29-19;/h2-3,5-7,10,13,20H,4,8-9,11-12,14-16H2,1H3,(H,25,27)(H2,23,24,26);1H. The number of carbonyl (C=O) groups is 1. The summed E-state index contributed by atoms with van der Waals surface area (Å²) in [6.45, 7) is 3.90. The maximum atomic E-state index is 12.4. The number of nitrogens with one attached hydrogen (secondary N) is 3. The zero-order chi connectivity index (χ0) is 21.0. The van der Waals surface area contributed by atoms with Crippen LogP contribution in [-0.4, -0.2) is 51.4 Å². The van der Waals surface area contributed by atoms with E-state index in [4.69, 9.17) is 13.9 Å². The van der Waals surface area contributed by atoms with Crippen molar-refractivity contribution in [1.82, 2.24) is 16.0 Å². The second-order valence-corrected chi connectivity index (χ2v) is 7.02. The van der Waals surface area contributed by atoms with E-state index in [2.05, 4.69) is 20.9 Å². The third-order valence-corrected chi connectivity index (χ3v) is 4.73. The number of amides is 1. The smallest absolute Gasteiger partial charge is 0.251 e. The average molecular weight is 542 g/mol. The molecule has 1 unspecified atom stereocenters. The van der Waals surface area contributed by atoms with Crippen LogP contribution in [0.3, 0.4) is 0 Å². The van der Waals surface area contributed by atoms with Gasteiger partial charge in [-0.25, -0.2) is 0 Å². The number of hydrogen-bond acceptors (Lipinski definition) is 5. The molecule has 2 heterocycles. The van der Waals surface area contributed by atoms with Gasteiger partial charge in [0.15, 0.2) is 5.96 Å². The van der Waals surface area contributed by atoms with Crippen molar-refractivity contribution in [3.05, 3.63) is 59.5 Å². The van der Waals surface area contributed by atoms with Crippen molar-refractivity contribution in [3.63, 3.8) is 0 Å². The van der Waals surface area contributed by atoms with Gasteiger partial charge in [-0.05, 0) is 42.7 Å². The van der Waals surface area contributed by atoms with E-state index in [1.54, 1.807) is 25.4 Å². The lowest BCUT2D eigenvalue weighted by Gasteiger charge is -2.13. The first-order chi connectivity index (χ1) is 14.7. The summed E-state index contributed by atoms with van der Waals surface area (Å²) in [5, 5.41) is 9.40. The van der Waals surface area contributed by atoms with Gasteiger partial charge in [0, 0.05) is 38.9 Å². The molecule has 3 N–H and O–H groups in total. The van der Waals surface area contributed by atoms with Crippen LogP contribution in [-0.2, 0) is 22.6 Å². The van der Waals surface area contributed by atoms with Gasteiger partial charge < -0.3 is 29.8 Å². The first kappa shape index (κ1) is 25.2. The fraction of sp³-hybridized carbons (Fsp3) is 0.455. The van der Waals surface area contributed by atoms with Crippen LogP contribution in [0.5, 0.6) is 0 Å². The molecule has 1 fully saturated rings. The van der Waals surface area contributed by atoms with Crippen LogP contribution in [0, 0.1) is 0 Å². The number of hydrogen-bond donors (Lipinski definition) is 3. The predicted molar refractivity (Wildman–Crippen MR) is 130 cm³/mol. The van der Waals surface area contributed by atoms with Crippen molar-refractivity contribution in [2.45, 2.75) is 32.0 Å². The SMILES string of the molecule is CN=C(NCCCOC1CCOC1)NCc1cccc(C(=O)NCc2ccco2)c1.I. The van der Waals surface area contributed by atoms with E-state index in [1.807, 2.05) is 24.3 Å². The molecule has 170 valence electrons. The van der Waals surface area contributed by atoms with E-state index in [0.717, 1.165) is 37.3 Å². The van der Waals surface area contributed by atoms with Crippen molar-refractivity contribution in [2.24, 2.45) is 4.99 Å². The highest BCUT2D eigenvalue weighted by Gasteiger charge is 2.15. The Morgan fingerprint density at radius 3 is 2.84 bits per heavy atom. The van der Waals surface area contributed by atoms with Crippen LogP contribution >= 0.6 is 24.0 Å². The van der Waals surface area contributed by atoms with E-state index in [1.165, 1.54) is 0 Å². The number of furan rings is 1. The highest BCUT2D eigenvalue weighted by molar-refractivity contribution is 14.0. The minimum Gasteiger partial charge on any atom is -0.467 e. The molecule has 1 aliphatic rings. The Labute approximate surface area is 200 Å². The number of guanidine groups is 1. The Morgan fingerprint density at radius 2 is 2.10 bits per heavy atom. The van der Waals surface area contributed by atoms with E-state index in [0.29, 0.717) is 37.8 Å². The van der Waals surface area contributed by atoms with Crippen LogP contribution in [0.15, 0.2) is 52.1 Å². The molecule has 1 atom stereocenters. The monoisotopic (exact) mass is 542 g/mol. The summed E-state index contributed by atoms with van der Waals surface area (Å²) in [7, 11) is 1.74. The zero-order valence-corrected chi connectivity index (χ0v) is 20.1. The lowest BCUT2D eigenvalue weighted by molar-refractivity contribution is 0.0420. The molecular weight excluding hydrogens is 511 g/mol. The lowest BCUT2D eigenvalue weighted by Crippen LogP contribution is -2.37. The van der Waals surface area contributed by atoms with Crippen LogP contribution in [0.25, 0.3) is 0 Å². The number of rotatable bonds is 10. The van der Waals surface area contributed by atoms with E-state index < -0.39 is 0 Å². The molecule has 3 rings (SSSR count). The second-order valence-electron chi connectivity index (χ2n) is 7.02. The quantitative estimate of drug-likeness (QED) is 0.185. The highest BCUT2D eigenvalue weighted by atomic mass is 127. The second kappa shape index (κ2) is 14.0. The van der Waals surface area contributed by atoms with Crippen LogP contribution < -0.4 is 16.0 Å². The Morgan fingerprint density at radius 1 is 1.19 bits per heavy atom. The molecular formula is C22H31IN4O4. The molecule has 1 aromatic heterocycles. The molecule has 0 spiro atoms. The van der Waals surface area contributed by atoms with Gasteiger partial charge in [0.1, 0.15) is 5.76 Å². The maximum Gasteiger partial charge on any atom is 0.251 e. The van der Waals surface area contributed by atoms with Gasteiger partial charge in [-0.3, -0.25) is 9.79 Å². The van der Waals surface area contributed by atoms with E-state index >= 15 is 0 Å². The van der Waals surface area contributed by atoms with Gasteiger partial charge in [0.05, 0.1) is 25.5 Å². The van der Waals surface area contributed by atoms with Gasteiger partial charge in [-0.15, -0.1) is 24.0 Å². The molecule has 1 aromatic carbocycles. The number of aliphatic imine (C=N–C) groups is 1. The Kier molecular flexibility index (Phi) is 11.4. The first-order valence-electron chi connectivity index (χ1n) is 10.3. The fourth-order valence-electron chi connectivity index (χ4n) is 3.08. The molecule has 0 radical (unpaired) electrons. The van der Waals surface area contributed by atoms with Crippen molar-refractivity contribution in [2.75, 3.05) is 33.4 Å². The fourth-order valence-corrected chi connectivity index (χ4v) is 3.08. The molecule has 1 saturated heterocycles. The number of halogens is 1. The summed E-state index contributed by atoms with van der Waals surface area (Å²) in [4.78, 5) is 16.6. The number of carbonyl (C=O) groups excluding carboxylic acids is 1. The molecule has 1 amide bonds. The van der Waals surface area contributed by atoms with Gasteiger partial charge in [-0.2, -0.15) is 0 Å². The van der Waals surface area contributed by atoms with Gasteiger partial charge in [-0.1, -0.05) is 12.1 Å². The molecule has 1 aliphatic heterocycles. The third kappa shape index (κ3) is 8.88. The average Bonchev–Trinajstić information content (AvgIpc) is 3.48. The molecule has 0 aliphatic carbocycles. The summed E-state index contributed by atoms with van der Waals surface area (Å²) in [5.41, 5.74) is 1.60. The van der Waals surface area contributed by atoms with Gasteiger partial charge in [0.2, 0.25) is 0 Å². The normalized spacial score (nSPS) is 15.9. The largest absolute Gasteiger partial charge is 0.467 e. The van der Waals surface area contributed by atoms with Crippen molar-refractivity contribution in [1.29, 1.82) is 0 Å². The Balaban J connectivity index is 0.00000341. The van der Waals surface area contributed by atoms with Crippen LogP contribution in [0.2, 0.25) is 0 Å². The van der Waals surface area contributed by atoms with E-state index in [-0.39, 0.29) is 36.0 Å². The summed E-state index contributed by atoms with van der Waals surface area (Å²) in [6, 6.07) is 11.1. The summed E-state index contributed by atoms with van der Waals surface area (Å²) in [6.07, 6.45) is 3.71. The first-order valence-corrected chi connectivity index (χ1v) is 10.3. The summed E-state index contributed by atoms with van der Waals surface area (Å²) < 4.78 is 16.3. The van der Waals surface area contributed by atoms with E-state index in [9.17, 15) is 4.79 Å². The number of ether oxygens (including phenoxy) is 2. The highest BCUT2D eigenvalue weighted by Crippen LogP contribution is 2.08. The zero-order valence-electron chi connectivity index (χ0n) is 17.8. The molecule has 2 aromatic rings. The van der Waals surface area contributed by atoms with Crippen molar-refractivity contribution >= 4 is 35.8 Å². The summed E-state index contributed by atoms with van der Waals surface area (Å²) >= 11 is 0. The van der Waals surface area contributed by atoms with Crippen molar-refractivity contribution < 1.29 is 18.7 Å². The Bertz CT molecular complexity index is 808.